The monoisotopic (exact) mass is 544 g/mol. The maximum atomic E-state index is 6.37. The van der Waals surface area contributed by atoms with Crippen molar-refractivity contribution in [3.63, 3.8) is 0 Å². The lowest BCUT2D eigenvalue weighted by atomic mass is 9.89. The third-order valence-corrected chi connectivity index (χ3v) is 9.39. The second kappa shape index (κ2) is 8.44. The molecule has 0 fully saturated rings. The molecule has 1 heterocycles. The van der Waals surface area contributed by atoms with Crippen LogP contribution in [0.15, 0.2) is 150 Å². The maximum Gasteiger partial charge on any atom is 0.135 e. The second-order valence-electron chi connectivity index (χ2n) is 11.7. The lowest BCUT2D eigenvalue weighted by Crippen LogP contribution is -1.87. The normalized spacial score (nSPS) is 12.2. The van der Waals surface area contributed by atoms with E-state index in [1.54, 1.807) is 0 Å². The van der Waals surface area contributed by atoms with E-state index in [-0.39, 0.29) is 0 Å². The van der Waals surface area contributed by atoms with E-state index in [9.17, 15) is 0 Å². The molecule has 10 aromatic rings. The smallest absolute Gasteiger partial charge is 0.135 e. The molecule has 0 saturated carbocycles. The first-order valence-corrected chi connectivity index (χ1v) is 14.8. The molecule has 0 atom stereocenters. The number of rotatable bonds is 2. The van der Waals surface area contributed by atoms with Crippen LogP contribution in [0.5, 0.6) is 0 Å². The van der Waals surface area contributed by atoms with Gasteiger partial charge in [0.2, 0.25) is 0 Å². The Bertz CT molecular complexity index is 2710. The molecule has 10 rings (SSSR count). The van der Waals surface area contributed by atoms with Gasteiger partial charge in [-0.2, -0.15) is 0 Å². The summed E-state index contributed by atoms with van der Waals surface area (Å²) in [7, 11) is 0. The molecule has 0 unspecified atom stereocenters. The largest absolute Gasteiger partial charge is 0.456 e. The van der Waals surface area contributed by atoms with Gasteiger partial charge in [0.05, 0.1) is 0 Å². The first-order chi connectivity index (χ1) is 21.3. The first-order valence-electron chi connectivity index (χ1n) is 14.8. The third kappa shape index (κ3) is 3.22. The van der Waals surface area contributed by atoms with Gasteiger partial charge in [0, 0.05) is 10.8 Å². The number of hydrogen-bond donors (Lipinski definition) is 0. The summed E-state index contributed by atoms with van der Waals surface area (Å²) in [6.07, 6.45) is 0. The van der Waals surface area contributed by atoms with Gasteiger partial charge in [-0.05, 0) is 106 Å². The lowest BCUT2D eigenvalue weighted by molar-refractivity contribution is 0.669. The molecule has 0 N–H and O–H groups in total. The van der Waals surface area contributed by atoms with Gasteiger partial charge in [-0.15, -0.1) is 0 Å². The summed E-state index contributed by atoms with van der Waals surface area (Å²) >= 11 is 0. The molecule has 9 aromatic carbocycles. The Balaban J connectivity index is 1.21. The van der Waals surface area contributed by atoms with Gasteiger partial charge in [0.25, 0.3) is 0 Å². The van der Waals surface area contributed by atoms with Crippen LogP contribution in [0.25, 0.3) is 98.1 Å². The van der Waals surface area contributed by atoms with E-state index < -0.39 is 0 Å². The Morgan fingerprint density at radius 1 is 0.302 bits per heavy atom. The van der Waals surface area contributed by atoms with Crippen molar-refractivity contribution in [3.05, 3.63) is 146 Å². The van der Waals surface area contributed by atoms with Crippen molar-refractivity contribution in [1.82, 2.24) is 0 Å². The zero-order valence-corrected chi connectivity index (χ0v) is 23.3. The van der Waals surface area contributed by atoms with E-state index in [4.69, 9.17) is 4.42 Å². The molecular formula is C42H24O. The van der Waals surface area contributed by atoms with Crippen LogP contribution in [-0.4, -0.2) is 0 Å². The number of hydrogen-bond acceptors (Lipinski definition) is 1. The van der Waals surface area contributed by atoms with Gasteiger partial charge < -0.3 is 4.42 Å². The standard InChI is InChI=1S/C42H24O/c1-2-9-31-28(6-1)22-36(34-11-4-3-10-33(31)34)30-17-21-40-38(24-30)37-23-29(16-20-39(37)43-40)32-18-14-27-13-12-25-7-5-8-26-15-19-35(32)42(27)41(25)26/h1-24H. The summed E-state index contributed by atoms with van der Waals surface area (Å²) in [4.78, 5) is 0. The fraction of sp³-hybridized carbons (Fsp3) is 0. The Morgan fingerprint density at radius 3 is 1.65 bits per heavy atom. The zero-order valence-electron chi connectivity index (χ0n) is 23.3. The van der Waals surface area contributed by atoms with Crippen LogP contribution in [0.2, 0.25) is 0 Å². The van der Waals surface area contributed by atoms with Crippen molar-refractivity contribution in [2.75, 3.05) is 0 Å². The third-order valence-electron chi connectivity index (χ3n) is 9.39. The highest BCUT2D eigenvalue weighted by Crippen LogP contribution is 2.42. The summed E-state index contributed by atoms with van der Waals surface area (Å²) in [6.45, 7) is 0. The Morgan fingerprint density at radius 2 is 0.884 bits per heavy atom. The van der Waals surface area contributed by atoms with E-state index >= 15 is 0 Å². The summed E-state index contributed by atoms with van der Waals surface area (Å²) in [5.74, 6) is 0. The maximum absolute atomic E-state index is 6.37. The second-order valence-corrected chi connectivity index (χ2v) is 11.7. The Hall–Kier alpha value is -5.66. The molecule has 1 nitrogen and oxygen atoms in total. The van der Waals surface area contributed by atoms with Crippen molar-refractivity contribution in [1.29, 1.82) is 0 Å². The molecule has 198 valence electrons. The van der Waals surface area contributed by atoms with E-state index in [1.807, 2.05) is 0 Å². The van der Waals surface area contributed by atoms with E-state index in [0.717, 1.165) is 21.9 Å². The van der Waals surface area contributed by atoms with Crippen LogP contribution in [0.4, 0.5) is 0 Å². The summed E-state index contributed by atoms with van der Waals surface area (Å²) in [5.41, 5.74) is 6.72. The number of benzene rings is 9. The summed E-state index contributed by atoms with van der Waals surface area (Å²) in [6, 6.07) is 53.2. The molecule has 0 aliphatic rings. The molecule has 0 amide bonds. The van der Waals surface area contributed by atoms with Crippen LogP contribution < -0.4 is 0 Å². The van der Waals surface area contributed by atoms with Gasteiger partial charge in [-0.3, -0.25) is 0 Å². The molecule has 0 aliphatic carbocycles. The van der Waals surface area contributed by atoms with Crippen molar-refractivity contribution in [2.24, 2.45) is 0 Å². The molecule has 0 saturated heterocycles. The molecule has 0 spiro atoms. The minimum atomic E-state index is 0.913. The van der Waals surface area contributed by atoms with Crippen LogP contribution in [-0.2, 0) is 0 Å². The minimum absolute atomic E-state index is 0.913. The quantitative estimate of drug-likeness (QED) is 0.197. The molecular weight excluding hydrogens is 520 g/mol. The zero-order chi connectivity index (χ0) is 28.1. The Labute approximate surface area is 247 Å². The average Bonchev–Trinajstić information content (AvgIpc) is 3.44. The highest BCUT2D eigenvalue weighted by Gasteiger charge is 2.15. The van der Waals surface area contributed by atoms with Gasteiger partial charge >= 0.3 is 0 Å². The fourth-order valence-electron chi connectivity index (χ4n) is 7.39. The average molecular weight is 545 g/mol. The first kappa shape index (κ1) is 23.0. The topological polar surface area (TPSA) is 13.1 Å². The van der Waals surface area contributed by atoms with Crippen molar-refractivity contribution < 1.29 is 4.42 Å². The number of furan rings is 1. The van der Waals surface area contributed by atoms with Gasteiger partial charge in [0.15, 0.2) is 0 Å². The predicted octanol–water partition coefficient (Wildman–Crippen LogP) is 12.1. The van der Waals surface area contributed by atoms with Crippen LogP contribution in [0.3, 0.4) is 0 Å². The van der Waals surface area contributed by atoms with E-state index in [0.29, 0.717) is 0 Å². The van der Waals surface area contributed by atoms with Gasteiger partial charge in [0.1, 0.15) is 11.2 Å². The van der Waals surface area contributed by atoms with E-state index in [2.05, 4.69) is 146 Å². The van der Waals surface area contributed by atoms with E-state index in [1.165, 1.54) is 76.1 Å². The van der Waals surface area contributed by atoms with Gasteiger partial charge in [-0.25, -0.2) is 0 Å². The Kier molecular flexibility index (Phi) is 4.51. The van der Waals surface area contributed by atoms with Crippen molar-refractivity contribution in [3.8, 4) is 22.3 Å². The number of fused-ring (bicyclic) bond motifs is 6. The molecule has 43 heavy (non-hydrogen) atoms. The van der Waals surface area contributed by atoms with Crippen LogP contribution in [0, 0.1) is 0 Å². The summed E-state index contributed by atoms with van der Waals surface area (Å²) < 4.78 is 6.37. The molecule has 0 radical (unpaired) electrons. The molecule has 1 heteroatoms. The van der Waals surface area contributed by atoms with Crippen molar-refractivity contribution >= 4 is 75.8 Å². The lowest BCUT2D eigenvalue weighted by Gasteiger charge is -2.14. The fourth-order valence-corrected chi connectivity index (χ4v) is 7.39. The molecule has 0 bridgehead atoms. The van der Waals surface area contributed by atoms with Gasteiger partial charge in [-0.1, -0.05) is 115 Å². The highest BCUT2D eigenvalue weighted by atomic mass is 16.3. The van der Waals surface area contributed by atoms with Crippen molar-refractivity contribution in [2.45, 2.75) is 0 Å². The minimum Gasteiger partial charge on any atom is -0.456 e. The SMILES string of the molecule is c1ccc2c(c1)cc(-c1ccc3oc4ccc(-c5ccc6ccc7cccc8ccc5c6c78)cc4c3c1)c1ccccc12. The van der Waals surface area contributed by atoms with Crippen LogP contribution >= 0.6 is 0 Å². The highest BCUT2D eigenvalue weighted by molar-refractivity contribution is 6.25. The predicted molar refractivity (Wildman–Crippen MR) is 183 cm³/mol. The summed E-state index contributed by atoms with van der Waals surface area (Å²) in [5, 5.41) is 15.2. The van der Waals surface area contributed by atoms with Crippen LogP contribution in [0.1, 0.15) is 0 Å². The molecule has 0 aliphatic heterocycles. The molecule has 1 aromatic heterocycles.